The standard InChI is InChI=1S/C24H24ClN3O2/c25-17-7-10-23-22(13-17)21-4-1-3-20(24(21)27-23)16-5-8-19(9-6-16)30-15-18(29)14-28-12-2-11-26-28/h2,5-13,18,20,27,29H,1,3-4,14-15H2. The highest BCUT2D eigenvalue weighted by Crippen LogP contribution is 2.40. The van der Waals surface area contributed by atoms with Gasteiger partial charge in [0.15, 0.2) is 0 Å². The molecule has 0 radical (unpaired) electrons. The molecule has 2 aromatic heterocycles. The van der Waals surface area contributed by atoms with Crippen molar-refractivity contribution < 1.29 is 9.84 Å². The van der Waals surface area contributed by atoms with Gasteiger partial charge in [-0.3, -0.25) is 4.68 Å². The molecule has 4 aromatic rings. The van der Waals surface area contributed by atoms with Gasteiger partial charge in [-0.25, -0.2) is 0 Å². The highest BCUT2D eigenvalue weighted by Gasteiger charge is 2.25. The lowest BCUT2D eigenvalue weighted by Gasteiger charge is -2.23. The second-order valence-electron chi connectivity index (χ2n) is 7.91. The van der Waals surface area contributed by atoms with Crippen LogP contribution in [-0.2, 0) is 13.0 Å². The van der Waals surface area contributed by atoms with E-state index in [2.05, 4.69) is 34.3 Å². The predicted octanol–water partition coefficient (Wildman–Crippen LogP) is 4.93. The largest absolute Gasteiger partial charge is 0.491 e. The quantitative estimate of drug-likeness (QED) is 0.464. The summed E-state index contributed by atoms with van der Waals surface area (Å²) in [6.07, 6.45) is 6.29. The number of aryl methyl sites for hydroxylation is 1. The summed E-state index contributed by atoms with van der Waals surface area (Å²) >= 11 is 6.23. The molecule has 30 heavy (non-hydrogen) atoms. The molecule has 0 aliphatic heterocycles. The van der Waals surface area contributed by atoms with Gasteiger partial charge in [-0.1, -0.05) is 23.7 Å². The first-order chi connectivity index (χ1) is 14.7. The number of aliphatic hydroxyl groups excluding tert-OH is 1. The Kier molecular flexibility index (Phi) is 5.23. The van der Waals surface area contributed by atoms with Crippen LogP contribution in [0.1, 0.15) is 35.6 Å². The molecule has 5 nitrogen and oxygen atoms in total. The van der Waals surface area contributed by atoms with Gasteiger partial charge in [0.2, 0.25) is 0 Å². The summed E-state index contributed by atoms with van der Waals surface area (Å²) < 4.78 is 7.48. The minimum Gasteiger partial charge on any atom is -0.491 e. The SMILES string of the molecule is OC(COc1ccc(C2CCCc3c2[nH]c2ccc(Cl)cc32)cc1)Cn1cccn1. The third-order valence-electron chi connectivity index (χ3n) is 5.85. The summed E-state index contributed by atoms with van der Waals surface area (Å²) in [5.74, 6) is 1.11. The Morgan fingerprint density at radius 2 is 2.10 bits per heavy atom. The molecule has 0 saturated heterocycles. The Labute approximate surface area is 180 Å². The Balaban J connectivity index is 1.30. The molecule has 0 bridgehead atoms. The van der Waals surface area contributed by atoms with E-state index >= 15 is 0 Å². The maximum absolute atomic E-state index is 10.1. The van der Waals surface area contributed by atoms with Gasteiger partial charge < -0.3 is 14.8 Å². The van der Waals surface area contributed by atoms with Gasteiger partial charge in [0.25, 0.3) is 0 Å². The molecule has 2 aromatic carbocycles. The second kappa shape index (κ2) is 8.17. The van der Waals surface area contributed by atoms with E-state index in [1.807, 2.05) is 30.5 Å². The van der Waals surface area contributed by atoms with Gasteiger partial charge in [-0.05, 0) is 66.8 Å². The van der Waals surface area contributed by atoms with Gasteiger partial charge in [-0.15, -0.1) is 0 Å². The number of hydrogen-bond acceptors (Lipinski definition) is 3. The molecule has 2 atom stereocenters. The second-order valence-corrected chi connectivity index (χ2v) is 8.35. The highest BCUT2D eigenvalue weighted by atomic mass is 35.5. The molecule has 0 fully saturated rings. The van der Waals surface area contributed by atoms with Crippen molar-refractivity contribution >= 4 is 22.5 Å². The molecule has 1 aliphatic rings. The van der Waals surface area contributed by atoms with Crippen LogP contribution >= 0.6 is 11.6 Å². The van der Waals surface area contributed by atoms with Gasteiger partial charge in [-0.2, -0.15) is 5.10 Å². The number of benzene rings is 2. The smallest absolute Gasteiger partial charge is 0.119 e. The number of halogens is 1. The summed E-state index contributed by atoms with van der Waals surface area (Å²) in [5.41, 5.74) is 5.13. The Bertz CT molecular complexity index is 1140. The molecule has 0 spiro atoms. The minimum absolute atomic E-state index is 0.232. The lowest BCUT2D eigenvalue weighted by Crippen LogP contribution is -2.23. The van der Waals surface area contributed by atoms with Crippen molar-refractivity contribution in [1.82, 2.24) is 14.8 Å². The number of fused-ring (bicyclic) bond motifs is 3. The number of H-pyrrole nitrogens is 1. The van der Waals surface area contributed by atoms with Gasteiger partial charge in [0.1, 0.15) is 18.5 Å². The number of ether oxygens (including phenoxy) is 1. The zero-order chi connectivity index (χ0) is 20.5. The van der Waals surface area contributed by atoms with Crippen molar-refractivity contribution in [3.63, 3.8) is 0 Å². The topological polar surface area (TPSA) is 63.1 Å². The van der Waals surface area contributed by atoms with Crippen LogP contribution in [0, 0.1) is 0 Å². The van der Waals surface area contributed by atoms with Crippen LogP contribution in [0.15, 0.2) is 60.9 Å². The van der Waals surface area contributed by atoms with Gasteiger partial charge in [0.05, 0.1) is 6.54 Å². The number of hydrogen-bond donors (Lipinski definition) is 2. The average molecular weight is 422 g/mol. The number of aromatic amines is 1. The van der Waals surface area contributed by atoms with Crippen LogP contribution < -0.4 is 4.74 Å². The van der Waals surface area contributed by atoms with E-state index in [0.29, 0.717) is 12.5 Å². The molecule has 0 amide bonds. The molecule has 5 rings (SSSR count). The lowest BCUT2D eigenvalue weighted by atomic mass is 9.82. The predicted molar refractivity (Wildman–Crippen MR) is 118 cm³/mol. The van der Waals surface area contributed by atoms with E-state index < -0.39 is 6.10 Å². The Morgan fingerprint density at radius 1 is 1.23 bits per heavy atom. The van der Waals surface area contributed by atoms with E-state index in [1.54, 1.807) is 10.9 Å². The zero-order valence-corrected chi connectivity index (χ0v) is 17.3. The van der Waals surface area contributed by atoms with E-state index in [4.69, 9.17) is 16.3 Å². The van der Waals surface area contributed by atoms with Gasteiger partial charge >= 0.3 is 0 Å². The van der Waals surface area contributed by atoms with Crippen molar-refractivity contribution in [3.8, 4) is 5.75 Å². The first kappa shape index (κ1) is 19.2. The maximum atomic E-state index is 10.1. The molecule has 0 saturated carbocycles. The summed E-state index contributed by atoms with van der Waals surface area (Å²) in [6.45, 7) is 0.649. The van der Waals surface area contributed by atoms with Crippen LogP contribution in [0.25, 0.3) is 10.9 Å². The molecular weight excluding hydrogens is 398 g/mol. The lowest BCUT2D eigenvalue weighted by molar-refractivity contribution is 0.0893. The number of aromatic nitrogens is 3. The minimum atomic E-state index is -0.608. The fraction of sp³-hybridized carbons (Fsp3) is 0.292. The van der Waals surface area contributed by atoms with Crippen molar-refractivity contribution in [2.45, 2.75) is 37.8 Å². The number of nitrogens with one attached hydrogen (secondary N) is 1. The monoisotopic (exact) mass is 421 g/mol. The molecule has 2 N–H and O–H groups in total. The van der Waals surface area contributed by atoms with E-state index in [0.717, 1.165) is 35.6 Å². The van der Waals surface area contributed by atoms with E-state index in [-0.39, 0.29) is 6.61 Å². The van der Waals surface area contributed by atoms with Crippen molar-refractivity contribution in [1.29, 1.82) is 0 Å². The molecule has 1 aliphatic carbocycles. The third kappa shape index (κ3) is 3.83. The van der Waals surface area contributed by atoms with Gasteiger partial charge in [0, 0.05) is 39.9 Å². The number of aliphatic hydroxyl groups is 1. The summed E-state index contributed by atoms with van der Waals surface area (Å²) in [6, 6.07) is 16.2. The Morgan fingerprint density at radius 3 is 2.90 bits per heavy atom. The maximum Gasteiger partial charge on any atom is 0.119 e. The molecule has 6 heteroatoms. The average Bonchev–Trinajstić information content (AvgIpc) is 3.40. The Hall–Kier alpha value is -2.76. The van der Waals surface area contributed by atoms with Crippen molar-refractivity contribution in [2.75, 3.05) is 6.61 Å². The molecule has 2 unspecified atom stereocenters. The van der Waals surface area contributed by atoms with Crippen molar-refractivity contribution in [2.24, 2.45) is 0 Å². The fourth-order valence-electron chi connectivity index (χ4n) is 4.43. The van der Waals surface area contributed by atoms with Crippen LogP contribution in [0.3, 0.4) is 0 Å². The van der Waals surface area contributed by atoms with Crippen LogP contribution in [0.5, 0.6) is 5.75 Å². The van der Waals surface area contributed by atoms with E-state index in [1.165, 1.54) is 22.2 Å². The normalized spacial score (nSPS) is 17.1. The van der Waals surface area contributed by atoms with Crippen LogP contribution in [0.4, 0.5) is 0 Å². The molecular formula is C24H24ClN3O2. The first-order valence-corrected chi connectivity index (χ1v) is 10.7. The summed E-state index contributed by atoms with van der Waals surface area (Å²) in [5, 5.41) is 16.3. The first-order valence-electron chi connectivity index (χ1n) is 10.4. The fourth-order valence-corrected chi connectivity index (χ4v) is 4.61. The summed E-state index contributed by atoms with van der Waals surface area (Å²) in [7, 11) is 0. The summed E-state index contributed by atoms with van der Waals surface area (Å²) in [4.78, 5) is 3.64. The van der Waals surface area contributed by atoms with Crippen molar-refractivity contribution in [3.05, 3.63) is 82.8 Å². The van der Waals surface area contributed by atoms with Crippen LogP contribution in [0.2, 0.25) is 5.02 Å². The number of rotatable bonds is 6. The van der Waals surface area contributed by atoms with Crippen LogP contribution in [-0.4, -0.2) is 32.6 Å². The number of nitrogens with zero attached hydrogens (tertiary/aromatic N) is 2. The molecule has 2 heterocycles. The van der Waals surface area contributed by atoms with E-state index in [9.17, 15) is 5.11 Å². The third-order valence-corrected chi connectivity index (χ3v) is 6.09. The zero-order valence-electron chi connectivity index (χ0n) is 16.6. The highest BCUT2D eigenvalue weighted by molar-refractivity contribution is 6.31. The molecule has 154 valence electrons.